The molecule has 0 spiro atoms. The molecule has 0 radical (unpaired) electrons. The molecular formula is C37H38F6N5NaO7. The molecule has 0 aromatic heterocycles. The molecule has 6 amide bonds. The summed E-state index contributed by atoms with van der Waals surface area (Å²) in [5.41, 5.74) is -4.51. The second kappa shape index (κ2) is 18.4. The maximum absolute atomic E-state index is 14.6. The minimum Gasteiger partial charge on any atom is -0.550 e. The number of halogens is 6. The van der Waals surface area contributed by atoms with E-state index in [1.807, 2.05) is 0 Å². The number of imide groups is 1. The number of methoxy groups -OCH3 is 1. The zero-order chi connectivity index (χ0) is 40.9. The van der Waals surface area contributed by atoms with Crippen molar-refractivity contribution in [2.75, 3.05) is 17.7 Å². The first-order valence-electron chi connectivity index (χ1n) is 16.9. The molecule has 296 valence electrons. The zero-order valence-electron chi connectivity index (χ0n) is 31.0. The molecule has 1 saturated heterocycles. The Labute approximate surface area is 340 Å². The van der Waals surface area contributed by atoms with Crippen LogP contribution in [0.4, 0.5) is 47.3 Å². The van der Waals surface area contributed by atoms with Gasteiger partial charge in [0.2, 0.25) is 5.91 Å². The van der Waals surface area contributed by atoms with E-state index >= 15 is 0 Å². The summed E-state index contributed by atoms with van der Waals surface area (Å²) in [6.45, 7) is 3.26. The number of urea groups is 2. The van der Waals surface area contributed by atoms with E-state index < -0.39 is 82.6 Å². The Bertz CT molecular complexity index is 1900. The number of nitrogens with one attached hydrogen (secondary N) is 3. The van der Waals surface area contributed by atoms with Crippen LogP contribution in [-0.2, 0) is 20.9 Å². The number of anilines is 2. The molecule has 1 saturated carbocycles. The number of hydrogen-bond donors (Lipinski definition) is 3. The normalized spacial score (nSPS) is 16.1. The van der Waals surface area contributed by atoms with Gasteiger partial charge in [-0.3, -0.25) is 14.5 Å². The first-order valence-corrected chi connectivity index (χ1v) is 16.9. The number of rotatable bonds is 11. The number of carbonyl (C=O) groups excluding carboxylic acids is 5. The van der Waals surface area contributed by atoms with E-state index in [4.69, 9.17) is 4.74 Å². The maximum atomic E-state index is 14.6. The van der Waals surface area contributed by atoms with Gasteiger partial charge in [0.15, 0.2) is 0 Å². The summed E-state index contributed by atoms with van der Waals surface area (Å²) in [7, 11) is 1.11. The quantitative estimate of drug-likeness (QED) is 0.153. The van der Waals surface area contributed by atoms with Gasteiger partial charge in [0.1, 0.15) is 11.8 Å². The Hall–Kier alpha value is -4.81. The molecule has 0 bridgehead atoms. The molecule has 2 aliphatic rings. The fraction of sp³-hybridized carbons (Fsp3) is 0.378. The second-order valence-corrected chi connectivity index (χ2v) is 13.1. The molecular weight excluding hydrogens is 763 g/mol. The van der Waals surface area contributed by atoms with Gasteiger partial charge in [0.05, 0.1) is 18.8 Å². The van der Waals surface area contributed by atoms with E-state index in [1.165, 1.54) is 37.1 Å². The molecule has 2 unspecified atom stereocenters. The third-order valence-electron chi connectivity index (χ3n) is 8.96. The molecule has 1 aliphatic heterocycles. The van der Waals surface area contributed by atoms with Gasteiger partial charge in [-0.05, 0) is 54.7 Å². The van der Waals surface area contributed by atoms with Crippen molar-refractivity contribution in [3.63, 3.8) is 0 Å². The van der Waals surface area contributed by atoms with Crippen LogP contribution in [0.3, 0.4) is 0 Å². The predicted octanol–water partition coefficient (Wildman–Crippen LogP) is 3.08. The Morgan fingerprint density at radius 1 is 0.911 bits per heavy atom. The van der Waals surface area contributed by atoms with Crippen molar-refractivity contribution in [1.82, 2.24) is 15.1 Å². The van der Waals surface area contributed by atoms with Crippen molar-refractivity contribution >= 4 is 41.2 Å². The summed E-state index contributed by atoms with van der Waals surface area (Å²) in [5, 5.41) is 18.5. The van der Waals surface area contributed by atoms with Crippen LogP contribution in [-0.4, -0.2) is 70.7 Å². The van der Waals surface area contributed by atoms with Crippen molar-refractivity contribution in [2.45, 2.75) is 76.6 Å². The molecule has 5 rings (SSSR count). The number of alkyl halides is 6. The summed E-state index contributed by atoms with van der Waals surface area (Å²) in [6, 6.07) is 10.5. The number of aryl methyl sites for hydroxylation is 1. The van der Waals surface area contributed by atoms with Crippen molar-refractivity contribution in [3.8, 4) is 5.75 Å². The van der Waals surface area contributed by atoms with Crippen LogP contribution >= 0.6 is 0 Å². The molecule has 1 aliphatic carbocycles. The van der Waals surface area contributed by atoms with Gasteiger partial charge < -0.3 is 30.6 Å². The van der Waals surface area contributed by atoms with Crippen LogP contribution in [0.25, 0.3) is 0 Å². The maximum Gasteiger partial charge on any atom is 1.00 e. The molecule has 56 heavy (non-hydrogen) atoms. The Morgan fingerprint density at radius 3 is 1.98 bits per heavy atom. The standard InChI is InChI=1S/C33H31F6N5O7.C4H8.Na/c1-18-9-7-8-12-22(18)41-29(49)42-23-14-13-20(15-25(23)51-3)17-43-30(50)44(28(48)31(43,32(34,35)36)33(37,38)39)19(2)27(47)40-24(16-26(45)46)21-10-5-4-6-11-21;1-4-2-3-4;/h4-15,19,24H,16-17H2,1-3H3,(H,40,47)(H,45,46)(H2,41,42,49);4H,2-3H2,1H3;/q;;+1/p-1. The predicted molar refractivity (Wildman–Crippen MR) is 184 cm³/mol. The van der Waals surface area contributed by atoms with Crippen LogP contribution in [0.2, 0.25) is 0 Å². The van der Waals surface area contributed by atoms with Crippen molar-refractivity contribution < 1.29 is 89.7 Å². The van der Waals surface area contributed by atoms with Crippen LogP contribution in [0, 0.1) is 12.8 Å². The molecule has 3 aromatic rings. The average Bonchev–Trinajstić information content (AvgIpc) is 3.85. The Kier molecular flexibility index (Phi) is 15.0. The number of carbonyl (C=O) groups is 5. The number of benzene rings is 3. The third-order valence-corrected chi connectivity index (χ3v) is 8.96. The van der Waals surface area contributed by atoms with E-state index in [-0.39, 0.29) is 52.1 Å². The summed E-state index contributed by atoms with van der Waals surface area (Å²) >= 11 is 0. The summed E-state index contributed by atoms with van der Waals surface area (Å²) < 4.78 is 93.1. The topological polar surface area (TPSA) is 160 Å². The SMILES string of the molecule is CC1CC1.COc1cc(CN2C(=O)N(C(C)C(=O)NC(CC(=O)[O-])c3ccccc3)C(=O)C2(C(F)(F)F)C(F)(F)F)ccc1NC(=O)Nc1ccccc1C.[Na+]. The largest absolute Gasteiger partial charge is 1.00 e. The first-order chi connectivity index (χ1) is 25.7. The van der Waals surface area contributed by atoms with E-state index in [0.29, 0.717) is 11.3 Å². The number of carboxylic acids is 1. The van der Waals surface area contributed by atoms with Gasteiger partial charge in [-0.2, -0.15) is 26.3 Å². The summed E-state index contributed by atoms with van der Waals surface area (Å²) in [4.78, 5) is 62.8. The number of para-hydroxylation sites is 1. The van der Waals surface area contributed by atoms with Gasteiger partial charge >= 0.3 is 59.5 Å². The van der Waals surface area contributed by atoms with E-state index in [9.17, 15) is 55.4 Å². The number of amides is 6. The number of ether oxygens (including phenoxy) is 1. The minimum atomic E-state index is -6.44. The van der Waals surface area contributed by atoms with E-state index in [2.05, 4.69) is 22.9 Å². The molecule has 3 N–H and O–H groups in total. The first kappa shape index (κ1) is 45.6. The average molecular weight is 802 g/mol. The van der Waals surface area contributed by atoms with Crippen LogP contribution < -0.4 is 55.4 Å². The number of nitrogens with zero attached hydrogens (tertiary/aromatic N) is 2. The van der Waals surface area contributed by atoms with Gasteiger partial charge in [-0.15, -0.1) is 0 Å². The number of carboxylic acid groups (broad SMARTS) is 1. The van der Waals surface area contributed by atoms with Gasteiger partial charge in [-0.25, -0.2) is 14.5 Å². The van der Waals surface area contributed by atoms with Crippen LogP contribution in [0.5, 0.6) is 5.75 Å². The summed E-state index contributed by atoms with van der Waals surface area (Å²) in [6.07, 6.45) is -10.8. The van der Waals surface area contributed by atoms with E-state index in [1.54, 1.807) is 37.3 Å². The molecule has 2 fully saturated rings. The van der Waals surface area contributed by atoms with Crippen molar-refractivity contribution in [1.29, 1.82) is 0 Å². The Morgan fingerprint density at radius 2 is 1.46 bits per heavy atom. The summed E-state index contributed by atoms with van der Waals surface area (Å²) in [5.74, 6) is -5.01. The van der Waals surface area contributed by atoms with Gasteiger partial charge in [0, 0.05) is 24.6 Å². The second-order valence-electron chi connectivity index (χ2n) is 13.1. The zero-order valence-corrected chi connectivity index (χ0v) is 33.0. The molecule has 2 atom stereocenters. The van der Waals surface area contributed by atoms with Gasteiger partial charge in [0.25, 0.3) is 5.91 Å². The fourth-order valence-corrected chi connectivity index (χ4v) is 5.68. The molecule has 19 heteroatoms. The fourth-order valence-electron chi connectivity index (χ4n) is 5.68. The van der Waals surface area contributed by atoms with Crippen LogP contribution in [0.15, 0.2) is 72.8 Å². The minimum absolute atomic E-state index is 0. The number of aliphatic carboxylic acids is 1. The Balaban J connectivity index is 0.00000158. The smallest absolute Gasteiger partial charge is 0.550 e. The third kappa shape index (κ3) is 10.1. The monoisotopic (exact) mass is 801 g/mol. The molecule has 12 nitrogen and oxygen atoms in total. The van der Waals surface area contributed by atoms with E-state index in [0.717, 1.165) is 38.2 Å². The van der Waals surface area contributed by atoms with Crippen molar-refractivity contribution in [2.24, 2.45) is 5.92 Å². The van der Waals surface area contributed by atoms with Crippen molar-refractivity contribution in [3.05, 3.63) is 89.5 Å². The number of hydrogen-bond acceptors (Lipinski definition) is 7. The molecule has 3 aromatic carbocycles. The molecule has 1 heterocycles. The van der Waals surface area contributed by atoms with Gasteiger partial charge in [-0.1, -0.05) is 74.4 Å². The van der Waals surface area contributed by atoms with Crippen LogP contribution in [0.1, 0.15) is 55.8 Å².